The molecule has 0 saturated heterocycles. The number of anilines is 1. The van der Waals surface area contributed by atoms with Gasteiger partial charge in [0.1, 0.15) is 12.0 Å². The number of amides is 1. The lowest BCUT2D eigenvalue weighted by molar-refractivity contribution is 0.0953. The summed E-state index contributed by atoms with van der Waals surface area (Å²) >= 11 is 7.51. The molecule has 1 amide bonds. The van der Waals surface area contributed by atoms with Crippen LogP contribution in [0.3, 0.4) is 0 Å². The van der Waals surface area contributed by atoms with Crippen LogP contribution in [0.2, 0.25) is 5.02 Å². The molecule has 2 aromatic rings. The van der Waals surface area contributed by atoms with Crippen LogP contribution in [0.25, 0.3) is 0 Å². The number of rotatable bonds is 4. The molecule has 0 spiro atoms. The van der Waals surface area contributed by atoms with Crippen molar-refractivity contribution in [2.24, 2.45) is 5.84 Å². The smallest absolute Gasteiger partial charge is 0.268 e. The van der Waals surface area contributed by atoms with Crippen molar-refractivity contribution in [3.63, 3.8) is 0 Å². The van der Waals surface area contributed by atoms with Crippen LogP contribution in [0.4, 0.5) is 5.69 Å². The van der Waals surface area contributed by atoms with E-state index in [9.17, 15) is 4.79 Å². The minimum absolute atomic E-state index is 0.380. The van der Waals surface area contributed by atoms with Gasteiger partial charge in [-0.3, -0.25) is 10.2 Å². The number of carbonyl (C=O) groups excluding carboxylic acids is 1. The first-order valence-electron chi connectivity index (χ1n) is 5.37. The van der Waals surface area contributed by atoms with Crippen LogP contribution in [0.5, 0.6) is 0 Å². The van der Waals surface area contributed by atoms with Gasteiger partial charge in [0.15, 0.2) is 0 Å². The van der Waals surface area contributed by atoms with Crippen molar-refractivity contribution in [3.05, 3.63) is 46.9 Å². The maximum Gasteiger partial charge on any atom is 0.268 e. The molecule has 0 unspecified atom stereocenters. The fourth-order valence-electron chi connectivity index (χ4n) is 1.48. The summed E-state index contributed by atoms with van der Waals surface area (Å²) < 4.78 is 5.27. The number of hydrazine groups is 1. The molecule has 5 N–H and O–H groups in total. The minimum atomic E-state index is -0.391. The van der Waals surface area contributed by atoms with Crippen LogP contribution >= 0.6 is 23.4 Å². The van der Waals surface area contributed by atoms with Gasteiger partial charge in [0.25, 0.3) is 5.91 Å². The lowest BCUT2D eigenvalue weighted by Gasteiger charge is -2.05. The van der Waals surface area contributed by atoms with Gasteiger partial charge in [0.05, 0.1) is 16.3 Å². The Morgan fingerprint density at radius 3 is 2.95 bits per heavy atom. The summed E-state index contributed by atoms with van der Waals surface area (Å²) in [7, 11) is 0. The highest BCUT2D eigenvalue weighted by Gasteiger charge is 2.11. The van der Waals surface area contributed by atoms with Crippen molar-refractivity contribution in [1.29, 1.82) is 0 Å². The fraction of sp³-hybridized carbons (Fsp3) is 0.0833. The lowest BCUT2D eigenvalue weighted by atomic mass is 10.3. The molecule has 0 bridgehead atoms. The standard InChI is InChI=1S/C12H12ClN3O2S/c13-9-2-1-3-10(14)11(9)19-6-8-4-7(5-18-8)12(17)16-15/h1-5H,6,14-15H2,(H,16,17). The molecule has 7 heteroatoms. The summed E-state index contributed by atoms with van der Waals surface area (Å²) in [5.74, 6) is 5.81. The Balaban J connectivity index is 2.07. The largest absolute Gasteiger partial charge is 0.468 e. The maximum atomic E-state index is 11.3. The van der Waals surface area contributed by atoms with E-state index in [-0.39, 0.29) is 0 Å². The van der Waals surface area contributed by atoms with Crippen molar-refractivity contribution in [1.82, 2.24) is 5.43 Å². The van der Waals surface area contributed by atoms with E-state index in [1.165, 1.54) is 18.0 Å². The van der Waals surface area contributed by atoms with Gasteiger partial charge in [-0.25, -0.2) is 5.84 Å². The molecule has 0 aliphatic heterocycles. The van der Waals surface area contributed by atoms with Gasteiger partial charge in [-0.15, -0.1) is 11.8 Å². The summed E-state index contributed by atoms with van der Waals surface area (Å²) in [6, 6.07) is 6.97. The number of nitrogen functional groups attached to an aromatic ring is 2. The SMILES string of the molecule is NNC(=O)c1coc(CSc2c(N)cccc2Cl)c1. The lowest BCUT2D eigenvalue weighted by Crippen LogP contribution is -2.29. The number of furan rings is 1. The molecule has 0 fully saturated rings. The predicted octanol–water partition coefficient (Wildman–Crippen LogP) is 2.41. The summed E-state index contributed by atoms with van der Waals surface area (Å²) in [5.41, 5.74) is 8.88. The van der Waals surface area contributed by atoms with Crippen LogP contribution in [-0.2, 0) is 5.75 Å². The summed E-state index contributed by atoms with van der Waals surface area (Å²) in [5, 5.41) is 0.594. The van der Waals surface area contributed by atoms with Crippen LogP contribution in [0, 0.1) is 0 Å². The Morgan fingerprint density at radius 2 is 2.26 bits per heavy atom. The normalized spacial score (nSPS) is 10.4. The van der Waals surface area contributed by atoms with E-state index < -0.39 is 5.91 Å². The molecule has 5 nitrogen and oxygen atoms in total. The zero-order valence-electron chi connectivity index (χ0n) is 9.85. The highest BCUT2D eigenvalue weighted by Crippen LogP contribution is 2.34. The summed E-state index contributed by atoms with van der Waals surface area (Å²) in [6.07, 6.45) is 1.36. The molecule has 19 heavy (non-hydrogen) atoms. The van der Waals surface area contributed by atoms with Crippen molar-refractivity contribution in [2.75, 3.05) is 5.73 Å². The molecule has 100 valence electrons. The van der Waals surface area contributed by atoms with Gasteiger partial charge in [-0.05, 0) is 18.2 Å². The van der Waals surface area contributed by atoms with Gasteiger partial charge < -0.3 is 10.2 Å². The first-order chi connectivity index (χ1) is 9.11. The Labute approximate surface area is 119 Å². The van der Waals surface area contributed by atoms with E-state index in [0.29, 0.717) is 27.8 Å². The van der Waals surface area contributed by atoms with E-state index in [2.05, 4.69) is 0 Å². The number of carbonyl (C=O) groups is 1. The second-order valence-corrected chi connectivity index (χ2v) is 5.11. The first-order valence-corrected chi connectivity index (χ1v) is 6.73. The number of nitrogens with two attached hydrogens (primary N) is 2. The quantitative estimate of drug-likeness (QED) is 0.265. The number of hydrogen-bond acceptors (Lipinski definition) is 5. The second-order valence-electron chi connectivity index (χ2n) is 3.72. The molecule has 1 aromatic carbocycles. The molecule has 0 radical (unpaired) electrons. The molecule has 0 atom stereocenters. The fourth-order valence-corrected chi connectivity index (χ4v) is 2.70. The monoisotopic (exact) mass is 297 g/mol. The van der Waals surface area contributed by atoms with Crippen LogP contribution in [0.15, 0.2) is 39.8 Å². The predicted molar refractivity (Wildman–Crippen MR) is 75.8 cm³/mol. The molecule has 0 aliphatic carbocycles. The van der Waals surface area contributed by atoms with Crippen LogP contribution < -0.4 is 17.0 Å². The zero-order chi connectivity index (χ0) is 13.8. The third kappa shape index (κ3) is 3.23. The average molecular weight is 298 g/mol. The number of halogens is 1. The van der Waals surface area contributed by atoms with Gasteiger partial charge in [0, 0.05) is 10.6 Å². The van der Waals surface area contributed by atoms with Gasteiger partial charge >= 0.3 is 0 Å². The average Bonchev–Trinajstić information content (AvgIpc) is 2.86. The Bertz CT molecular complexity index is 580. The van der Waals surface area contributed by atoms with E-state index in [0.717, 1.165) is 4.90 Å². The van der Waals surface area contributed by atoms with Gasteiger partial charge in [0.2, 0.25) is 0 Å². The number of benzene rings is 1. The Kier molecular flexibility index (Phi) is 4.36. The van der Waals surface area contributed by atoms with Crippen LogP contribution in [0.1, 0.15) is 16.1 Å². The maximum absolute atomic E-state index is 11.3. The summed E-state index contributed by atoms with van der Waals surface area (Å²) in [4.78, 5) is 12.1. The number of thioether (sulfide) groups is 1. The Morgan fingerprint density at radius 1 is 1.47 bits per heavy atom. The van der Waals surface area contributed by atoms with Crippen LogP contribution in [-0.4, -0.2) is 5.91 Å². The molecule has 1 aromatic heterocycles. The van der Waals surface area contributed by atoms with Gasteiger partial charge in [-0.2, -0.15) is 0 Å². The minimum Gasteiger partial charge on any atom is -0.468 e. The molecular weight excluding hydrogens is 286 g/mol. The van der Waals surface area contributed by atoms with Crippen molar-refractivity contribution >= 4 is 35.0 Å². The highest BCUT2D eigenvalue weighted by molar-refractivity contribution is 7.98. The van der Waals surface area contributed by atoms with Crippen molar-refractivity contribution < 1.29 is 9.21 Å². The van der Waals surface area contributed by atoms with E-state index >= 15 is 0 Å². The molecule has 1 heterocycles. The van der Waals surface area contributed by atoms with Crippen molar-refractivity contribution in [2.45, 2.75) is 10.6 Å². The number of hydrogen-bond donors (Lipinski definition) is 3. The third-order valence-electron chi connectivity index (χ3n) is 2.40. The third-order valence-corrected chi connectivity index (χ3v) is 4.00. The number of nitrogens with one attached hydrogen (secondary N) is 1. The van der Waals surface area contributed by atoms with E-state index in [1.807, 2.05) is 5.43 Å². The molecular formula is C12H12ClN3O2S. The van der Waals surface area contributed by atoms with Gasteiger partial charge in [-0.1, -0.05) is 17.7 Å². The zero-order valence-corrected chi connectivity index (χ0v) is 11.4. The summed E-state index contributed by atoms with van der Waals surface area (Å²) in [6.45, 7) is 0. The van der Waals surface area contributed by atoms with E-state index in [1.54, 1.807) is 24.3 Å². The first kappa shape index (κ1) is 13.8. The topological polar surface area (TPSA) is 94.3 Å². The molecule has 0 aliphatic rings. The van der Waals surface area contributed by atoms with Crippen molar-refractivity contribution in [3.8, 4) is 0 Å². The molecule has 0 saturated carbocycles. The molecule has 2 rings (SSSR count). The Hall–Kier alpha value is -1.63. The second kappa shape index (κ2) is 6.01. The highest BCUT2D eigenvalue weighted by atomic mass is 35.5. The van der Waals surface area contributed by atoms with E-state index in [4.69, 9.17) is 27.6 Å².